The molecule has 0 amide bonds. The molecule has 2 heterocycles. The molecule has 4 heteroatoms. The SMILES string of the molecule is Brc1ccsc1CNC1CCOC2(CCCC2)C1. The van der Waals surface area contributed by atoms with Crippen molar-refractivity contribution >= 4 is 27.3 Å². The van der Waals surface area contributed by atoms with Crippen molar-refractivity contribution in [2.75, 3.05) is 6.61 Å². The van der Waals surface area contributed by atoms with Crippen LogP contribution in [0.4, 0.5) is 0 Å². The quantitative estimate of drug-likeness (QED) is 0.901. The molecule has 1 aliphatic heterocycles. The van der Waals surface area contributed by atoms with E-state index in [1.165, 1.54) is 41.5 Å². The van der Waals surface area contributed by atoms with Gasteiger partial charge < -0.3 is 10.1 Å². The van der Waals surface area contributed by atoms with E-state index in [1.807, 2.05) is 11.3 Å². The summed E-state index contributed by atoms with van der Waals surface area (Å²) in [6.45, 7) is 1.92. The fourth-order valence-electron chi connectivity index (χ4n) is 3.26. The fraction of sp³-hybridized carbons (Fsp3) is 0.714. The van der Waals surface area contributed by atoms with Crippen molar-refractivity contribution in [1.29, 1.82) is 0 Å². The van der Waals surface area contributed by atoms with Gasteiger partial charge in [0.1, 0.15) is 0 Å². The summed E-state index contributed by atoms with van der Waals surface area (Å²) in [6.07, 6.45) is 7.61. The maximum Gasteiger partial charge on any atom is 0.0697 e. The van der Waals surface area contributed by atoms with Crippen LogP contribution in [-0.4, -0.2) is 18.2 Å². The van der Waals surface area contributed by atoms with Crippen LogP contribution in [0.2, 0.25) is 0 Å². The van der Waals surface area contributed by atoms with Crippen LogP contribution in [0, 0.1) is 0 Å². The minimum Gasteiger partial charge on any atom is -0.375 e. The number of ether oxygens (including phenoxy) is 1. The van der Waals surface area contributed by atoms with Crippen LogP contribution < -0.4 is 5.32 Å². The van der Waals surface area contributed by atoms with E-state index in [9.17, 15) is 0 Å². The molecule has 1 saturated carbocycles. The minimum atomic E-state index is 0.225. The lowest BCUT2D eigenvalue weighted by atomic mass is 9.89. The molecule has 2 nitrogen and oxygen atoms in total. The first-order valence-electron chi connectivity index (χ1n) is 6.87. The molecule has 18 heavy (non-hydrogen) atoms. The highest BCUT2D eigenvalue weighted by molar-refractivity contribution is 9.10. The molecule has 2 aliphatic rings. The van der Waals surface area contributed by atoms with E-state index in [1.54, 1.807) is 0 Å². The Morgan fingerprint density at radius 2 is 2.28 bits per heavy atom. The monoisotopic (exact) mass is 329 g/mol. The van der Waals surface area contributed by atoms with Crippen LogP contribution in [0.25, 0.3) is 0 Å². The van der Waals surface area contributed by atoms with Crippen molar-refractivity contribution < 1.29 is 4.74 Å². The lowest BCUT2D eigenvalue weighted by molar-refractivity contribution is -0.0837. The Labute approximate surface area is 121 Å². The van der Waals surface area contributed by atoms with Gasteiger partial charge in [-0.15, -0.1) is 11.3 Å². The molecular weight excluding hydrogens is 310 g/mol. The van der Waals surface area contributed by atoms with Crippen LogP contribution in [0.15, 0.2) is 15.9 Å². The van der Waals surface area contributed by atoms with Crippen LogP contribution in [0.5, 0.6) is 0 Å². The molecule has 1 N–H and O–H groups in total. The first-order chi connectivity index (χ1) is 8.77. The Kier molecular flexibility index (Phi) is 4.09. The standard InChI is InChI=1S/C14H20BrNOS/c15-12-4-8-18-13(12)10-16-11-3-7-17-14(9-11)5-1-2-6-14/h4,8,11,16H,1-3,5-7,9-10H2. The summed E-state index contributed by atoms with van der Waals surface area (Å²) >= 11 is 5.42. The second-order valence-corrected chi connectivity index (χ2v) is 7.36. The number of halogens is 1. The summed E-state index contributed by atoms with van der Waals surface area (Å²) in [5.74, 6) is 0. The first kappa shape index (κ1) is 13.1. The van der Waals surface area contributed by atoms with Crippen LogP contribution in [0.1, 0.15) is 43.4 Å². The molecule has 0 bridgehead atoms. The van der Waals surface area contributed by atoms with Gasteiger partial charge in [-0.3, -0.25) is 0 Å². The maximum absolute atomic E-state index is 6.07. The molecule has 1 saturated heterocycles. The van der Waals surface area contributed by atoms with Crippen molar-refractivity contribution in [3.63, 3.8) is 0 Å². The molecule has 1 aromatic rings. The molecule has 0 aromatic carbocycles. The molecule has 1 aliphatic carbocycles. The summed E-state index contributed by atoms with van der Waals surface area (Å²) in [5.41, 5.74) is 0.225. The first-order valence-corrected chi connectivity index (χ1v) is 8.54. The van der Waals surface area contributed by atoms with Gasteiger partial charge in [-0.1, -0.05) is 12.8 Å². The molecule has 1 atom stereocenters. The third-order valence-electron chi connectivity index (χ3n) is 4.25. The van der Waals surface area contributed by atoms with Gasteiger partial charge >= 0.3 is 0 Å². The summed E-state index contributed by atoms with van der Waals surface area (Å²) in [6, 6.07) is 2.76. The van der Waals surface area contributed by atoms with Gasteiger partial charge in [0.2, 0.25) is 0 Å². The Morgan fingerprint density at radius 1 is 1.44 bits per heavy atom. The fourth-order valence-corrected chi connectivity index (χ4v) is 4.70. The number of nitrogens with one attached hydrogen (secondary N) is 1. The zero-order valence-electron chi connectivity index (χ0n) is 10.6. The zero-order chi connectivity index (χ0) is 12.4. The molecule has 1 spiro atoms. The zero-order valence-corrected chi connectivity index (χ0v) is 13.0. The van der Waals surface area contributed by atoms with Crippen molar-refractivity contribution in [2.24, 2.45) is 0 Å². The van der Waals surface area contributed by atoms with E-state index in [0.29, 0.717) is 6.04 Å². The predicted octanol–water partition coefficient (Wildman–Crippen LogP) is 4.09. The van der Waals surface area contributed by atoms with E-state index in [2.05, 4.69) is 32.7 Å². The molecule has 2 fully saturated rings. The molecule has 0 radical (unpaired) electrons. The average molecular weight is 330 g/mol. The summed E-state index contributed by atoms with van der Waals surface area (Å²) in [5, 5.41) is 5.86. The number of thiophene rings is 1. The van der Waals surface area contributed by atoms with Crippen molar-refractivity contribution in [3.05, 3.63) is 20.8 Å². The van der Waals surface area contributed by atoms with E-state index >= 15 is 0 Å². The molecule has 3 rings (SSSR count). The van der Waals surface area contributed by atoms with Gasteiger partial charge in [-0.05, 0) is 53.1 Å². The number of hydrogen-bond acceptors (Lipinski definition) is 3. The normalized spacial score (nSPS) is 26.8. The number of rotatable bonds is 3. The maximum atomic E-state index is 6.07. The van der Waals surface area contributed by atoms with Gasteiger partial charge in [-0.2, -0.15) is 0 Å². The second-order valence-electron chi connectivity index (χ2n) is 5.50. The smallest absolute Gasteiger partial charge is 0.0697 e. The summed E-state index contributed by atoms with van der Waals surface area (Å²) in [7, 11) is 0. The highest BCUT2D eigenvalue weighted by Crippen LogP contribution is 2.40. The van der Waals surface area contributed by atoms with Gasteiger partial charge in [-0.25, -0.2) is 0 Å². The third-order valence-corrected chi connectivity index (χ3v) is 6.18. The van der Waals surface area contributed by atoms with Crippen molar-refractivity contribution in [2.45, 2.75) is 56.7 Å². The van der Waals surface area contributed by atoms with Gasteiger partial charge in [0.15, 0.2) is 0 Å². The second kappa shape index (κ2) is 5.61. The topological polar surface area (TPSA) is 21.3 Å². The molecular formula is C14H20BrNOS. The summed E-state index contributed by atoms with van der Waals surface area (Å²) < 4.78 is 7.31. The highest BCUT2D eigenvalue weighted by Gasteiger charge is 2.39. The Morgan fingerprint density at radius 3 is 3.00 bits per heavy atom. The Hall–Kier alpha value is 0.1000. The van der Waals surface area contributed by atoms with Crippen molar-refractivity contribution in [3.8, 4) is 0 Å². The van der Waals surface area contributed by atoms with Gasteiger partial charge in [0.05, 0.1) is 5.60 Å². The van der Waals surface area contributed by atoms with E-state index in [-0.39, 0.29) is 5.60 Å². The van der Waals surface area contributed by atoms with Crippen LogP contribution in [-0.2, 0) is 11.3 Å². The van der Waals surface area contributed by atoms with Crippen LogP contribution in [0.3, 0.4) is 0 Å². The summed E-state index contributed by atoms with van der Waals surface area (Å²) in [4.78, 5) is 1.40. The number of hydrogen-bond donors (Lipinski definition) is 1. The largest absolute Gasteiger partial charge is 0.375 e. The minimum absolute atomic E-state index is 0.225. The van der Waals surface area contributed by atoms with Crippen LogP contribution >= 0.6 is 27.3 Å². The molecule has 1 aromatic heterocycles. The van der Waals surface area contributed by atoms with E-state index in [0.717, 1.165) is 19.6 Å². The third kappa shape index (κ3) is 2.82. The van der Waals surface area contributed by atoms with E-state index < -0.39 is 0 Å². The Bertz CT molecular complexity index is 400. The molecule has 100 valence electrons. The van der Waals surface area contributed by atoms with E-state index in [4.69, 9.17) is 4.74 Å². The lowest BCUT2D eigenvalue weighted by Crippen LogP contribution is -2.45. The molecule has 1 unspecified atom stereocenters. The Balaban J connectivity index is 1.55. The lowest BCUT2D eigenvalue weighted by Gasteiger charge is -2.38. The van der Waals surface area contributed by atoms with Gasteiger partial charge in [0.25, 0.3) is 0 Å². The average Bonchev–Trinajstić information content (AvgIpc) is 2.97. The van der Waals surface area contributed by atoms with Gasteiger partial charge in [0, 0.05) is 28.5 Å². The van der Waals surface area contributed by atoms with Crippen molar-refractivity contribution in [1.82, 2.24) is 5.32 Å². The predicted molar refractivity (Wildman–Crippen MR) is 79.0 cm³/mol. The highest BCUT2D eigenvalue weighted by atomic mass is 79.9.